The molecule has 2 N–H and O–H groups in total. The van der Waals surface area contributed by atoms with E-state index in [1.165, 1.54) is 32.1 Å². The maximum Gasteiger partial charge on any atom is 0.223 e. The smallest absolute Gasteiger partial charge is 0.223 e. The molecule has 1 aliphatic carbocycles. The van der Waals surface area contributed by atoms with Crippen molar-refractivity contribution < 1.29 is 9.53 Å². The predicted molar refractivity (Wildman–Crippen MR) is 90.1 cm³/mol. The normalized spacial score (nSPS) is 16.4. The quantitative estimate of drug-likeness (QED) is 0.404. The highest BCUT2D eigenvalue weighted by Gasteiger charge is 2.13. The van der Waals surface area contributed by atoms with Crippen molar-refractivity contribution in [1.29, 1.82) is 0 Å². The summed E-state index contributed by atoms with van der Waals surface area (Å²) in [6.07, 6.45) is 8.33. The Balaban J connectivity index is 2.02. The second-order valence-corrected chi connectivity index (χ2v) is 5.95. The van der Waals surface area contributed by atoms with E-state index in [0.717, 1.165) is 25.5 Å². The van der Waals surface area contributed by atoms with Gasteiger partial charge < -0.3 is 20.3 Å². The van der Waals surface area contributed by atoms with Crippen LogP contribution in [-0.2, 0) is 9.53 Å². The molecule has 0 spiro atoms. The lowest BCUT2D eigenvalue weighted by Crippen LogP contribution is -2.39. The second kappa shape index (κ2) is 11.3. The lowest BCUT2D eigenvalue weighted by molar-refractivity contribution is -0.128. The van der Waals surface area contributed by atoms with Crippen LogP contribution >= 0.6 is 0 Å². The van der Waals surface area contributed by atoms with Gasteiger partial charge in [-0.2, -0.15) is 0 Å². The lowest BCUT2D eigenvalue weighted by atomic mass is 9.98. The zero-order chi connectivity index (χ0) is 16.2. The Labute approximate surface area is 134 Å². The first-order chi connectivity index (χ1) is 10.6. The molecule has 0 aromatic rings. The first-order valence-electron chi connectivity index (χ1n) is 8.39. The van der Waals surface area contributed by atoms with Crippen LogP contribution in [0.3, 0.4) is 0 Å². The van der Waals surface area contributed by atoms with Crippen LogP contribution in [0.5, 0.6) is 0 Å². The van der Waals surface area contributed by atoms with Gasteiger partial charge in [0.15, 0.2) is 5.96 Å². The zero-order valence-electron chi connectivity index (χ0n) is 14.4. The largest absolute Gasteiger partial charge is 0.378 e. The Morgan fingerprint density at radius 1 is 1.18 bits per heavy atom. The molecule has 1 aliphatic rings. The summed E-state index contributed by atoms with van der Waals surface area (Å²) in [6, 6.07) is 0. The molecule has 6 heteroatoms. The Morgan fingerprint density at radius 2 is 1.86 bits per heavy atom. The van der Waals surface area contributed by atoms with E-state index < -0.39 is 0 Å². The van der Waals surface area contributed by atoms with Crippen molar-refractivity contribution in [1.82, 2.24) is 15.5 Å². The summed E-state index contributed by atoms with van der Waals surface area (Å²) in [4.78, 5) is 17.2. The minimum absolute atomic E-state index is 0.115. The number of carbonyl (C=O) groups is 1. The van der Waals surface area contributed by atoms with Crippen LogP contribution < -0.4 is 10.6 Å². The standard InChI is InChI=1S/C16H32N4O2/c1-17-16(19-12-10-15(21)20(2)3)18-11-7-13-22-14-8-5-4-6-9-14/h14H,4-13H2,1-3H3,(H2,17,18,19). The van der Waals surface area contributed by atoms with Gasteiger partial charge in [0.25, 0.3) is 0 Å². The van der Waals surface area contributed by atoms with Gasteiger partial charge in [0.2, 0.25) is 5.91 Å². The summed E-state index contributed by atoms with van der Waals surface area (Å²) >= 11 is 0. The fourth-order valence-corrected chi connectivity index (χ4v) is 2.49. The van der Waals surface area contributed by atoms with Crippen molar-refractivity contribution in [3.8, 4) is 0 Å². The lowest BCUT2D eigenvalue weighted by Gasteiger charge is -2.22. The molecule has 0 aromatic carbocycles. The van der Waals surface area contributed by atoms with E-state index in [9.17, 15) is 4.79 Å². The summed E-state index contributed by atoms with van der Waals surface area (Å²) in [5, 5.41) is 6.39. The molecular weight excluding hydrogens is 280 g/mol. The van der Waals surface area contributed by atoms with Crippen LogP contribution in [0, 0.1) is 0 Å². The van der Waals surface area contributed by atoms with E-state index >= 15 is 0 Å². The fraction of sp³-hybridized carbons (Fsp3) is 0.875. The summed E-state index contributed by atoms with van der Waals surface area (Å²) in [7, 11) is 5.27. The van der Waals surface area contributed by atoms with Crippen LogP contribution in [0.4, 0.5) is 0 Å². The van der Waals surface area contributed by atoms with Gasteiger partial charge in [-0.25, -0.2) is 0 Å². The number of rotatable bonds is 8. The van der Waals surface area contributed by atoms with Gasteiger partial charge in [-0.05, 0) is 19.3 Å². The van der Waals surface area contributed by atoms with Gasteiger partial charge in [-0.1, -0.05) is 19.3 Å². The van der Waals surface area contributed by atoms with Crippen molar-refractivity contribution in [2.24, 2.45) is 4.99 Å². The molecule has 0 aliphatic heterocycles. The van der Waals surface area contributed by atoms with Crippen LogP contribution in [0.1, 0.15) is 44.9 Å². The summed E-state index contributed by atoms with van der Waals surface area (Å²) in [5.41, 5.74) is 0. The number of aliphatic imine (C=N–C) groups is 1. The van der Waals surface area contributed by atoms with Crippen molar-refractivity contribution in [3.05, 3.63) is 0 Å². The number of ether oxygens (including phenoxy) is 1. The monoisotopic (exact) mass is 312 g/mol. The van der Waals surface area contributed by atoms with Gasteiger partial charge in [0.05, 0.1) is 6.10 Å². The van der Waals surface area contributed by atoms with Crippen molar-refractivity contribution >= 4 is 11.9 Å². The van der Waals surface area contributed by atoms with Crippen LogP contribution in [0.2, 0.25) is 0 Å². The topological polar surface area (TPSA) is 66.0 Å². The molecule has 0 heterocycles. The van der Waals surface area contributed by atoms with Crippen molar-refractivity contribution in [2.45, 2.75) is 51.0 Å². The van der Waals surface area contributed by atoms with Crippen LogP contribution in [0.15, 0.2) is 4.99 Å². The third-order valence-corrected chi connectivity index (χ3v) is 3.87. The molecule has 0 unspecified atom stereocenters. The van der Waals surface area contributed by atoms with Crippen molar-refractivity contribution in [2.75, 3.05) is 40.8 Å². The molecule has 0 aromatic heterocycles. The fourth-order valence-electron chi connectivity index (χ4n) is 2.49. The highest BCUT2D eigenvalue weighted by atomic mass is 16.5. The molecule has 1 fully saturated rings. The minimum Gasteiger partial charge on any atom is -0.378 e. The Bertz CT molecular complexity index is 339. The van der Waals surface area contributed by atoms with E-state index in [1.807, 2.05) is 0 Å². The van der Waals surface area contributed by atoms with Gasteiger partial charge in [-0.3, -0.25) is 9.79 Å². The molecule has 0 radical (unpaired) electrons. The molecular formula is C16H32N4O2. The number of carbonyl (C=O) groups excluding carboxylic acids is 1. The number of amides is 1. The first kappa shape index (κ1) is 18.7. The maximum absolute atomic E-state index is 11.5. The van der Waals surface area contributed by atoms with E-state index in [0.29, 0.717) is 19.1 Å². The Morgan fingerprint density at radius 3 is 2.50 bits per heavy atom. The predicted octanol–water partition coefficient (Wildman–Crippen LogP) is 1.37. The number of hydrogen-bond donors (Lipinski definition) is 2. The third kappa shape index (κ3) is 8.22. The molecule has 0 saturated heterocycles. The highest BCUT2D eigenvalue weighted by molar-refractivity contribution is 5.81. The SMILES string of the molecule is CN=C(NCCCOC1CCCCC1)NCCC(=O)N(C)C. The van der Waals surface area contributed by atoms with E-state index in [2.05, 4.69) is 15.6 Å². The third-order valence-electron chi connectivity index (χ3n) is 3.87. The number of hydrogen-bond acceptors (Lipinski definition) is 3. The molecule has 0 atom stereocenters. The van der Waals surface area contributed by atoms with E-state index in [1.54, 1.807) is 26.0 Å². The van der Waals surface area contributed by atoms with E-state index in [-0.39, 0.29) is 5.91 Å². The second-order valence-electron chi connectivity index (χ2n) is 5.95. The van der Waals surface area contributed by atoms with Crippen LogP contribution in [-0.4, -0.2) is 63.7 Å². The van der Waals surface area contributed by atoms with Crippen LogP contribution in [0.25, 0.3) is 0 Å². The molecule has 1 saturated carbocycles. The Kier molecular flexibility index (Phi) is 9.62. The van der Waals surface area contributed by atoms with E-state index in [4.69, 9.17) is 4.74 Å². The minimum atomic E-state index is 0.115. The number of nitrogens with one attached hydrogen (secondary N) is 2. The maximum atomic E-state index is 11.5. The molecule has 22 heavy (non-hydrogen) atoms. The molecule has 0 bridgehead atoms. The van der Waals surface area contributed by atoms with Gasteiger partial charge in [-0.15, -0.1) is 0 Å². The average molecular weight is 312 g/mol. The summed E-state index contributed by atoms with van der Waals surface area (Å²) in [6.45, 7) is 2.22. The molecule has 128 valence electrons. The summed E-state index contributed by atoms with van der Waals surface area (Å²) in [5.74, 6) is 0.855. The summed E-state index contributed by atoms with van der Waals surface area (Å²) < 4.78 is 5.89. The van der Waals surface area contributed by atoms with Gasteiger partial charge >= 0.3 is 0 Å². The molecule has 6 nitrogen and oxygen atoms in total. The highest BCUT2D eigenvalue weighted by Crippen LogP contribution is 2.20. The Hall–Kier alpha value is -1.30. The number of nitrogens with zero attached hydrogens (tertiary/aromatic N) is 2. The first-order valence-corrected chi connectivity index (χ1v) is 8.39. The average Bonchev–Trinajstić information content (AvgIpc) is 2.53. The van der Waals surface area contributed by atoms with Gasteiger partial charge in [0, 0.05) is 47.3 Å². The molecule has 1 rings (SSSR count). The molecule has 1 amide bonds. The number of guanidine groups is 1. The van der Waals surface area contributed by atoms with Gasteiger partial charge in [0.1, 0.15) is 0 Å². The van der Waals surface area contributed by atoms with Crippen molar-refractivity contribution in [3.63, 3.8) is 0 Å². The zero-order valence-corrected chi connectivity index (χ0v) is 14.4.